The molecule has 1 heterocycles. The van der Waals surface area contributed by atoms with E-state index in [2.05, 4.69) is 21.2 Å². The van der Waals surface area contributed by atoms with Gasteiger partial charge in [0.1, 0.15) is 12.4 Å². The van der Waals surface area contributed by atoms with Gasteiger partial charge in [-0.25, -0.2) is 4.79 Å². The maximum atomic E-state index is 11.3. The Hall–Kier alpha value is -1.23. The second-order valence-electron chi connectivity index (χ2n) is 4.82. The van der Waals surface area contributed by atoms with Crippen molar-refractivity contribution in [3.63, 3.8) is 0 Å². The lowest BCUT2D eigenvalue weighted by Crippen LogP contribution is -2.46. The van der Waals surface area contributed by atoms with Crippen LogP contribution >= 0.6 is 15.9 Å². The highest BCUT2D eigenvalue weighted by molar-refractivity contribution is 9.10. The van der Waals surface area contributed by atoms with Crippen LogP contribution in [-0.2, 0) is 4.74 Å². The van der Waals surface area contributed by atoms with Crippen molar-refractivity contribution in [1.29, 1.82) is 0 Å². The zero-order chi connectivity index (χ0) is 12.6. The fourth-order valence-corrected chi connectivity index (χ4v) is 2.33. The van der Waals surface area contributed by atoms with Crippen LogP contribution in [0.15, 0.2) is 22.7 Å². The maximum Gasteiger partial charge on any atom is 0.407 e. The third kappa shape index (κ3) is 2.24. The number of rotatable bonds is 1. The monoisotopic (exact) mass is 299 g/mol. The van der Waals surface area contributed by atoms with Crippen molar-refractivity contribution in [2.45, 2.75) is 19.9 Å². The Morgan fingerprint density at radius 3 is 2.94 bits per heavy atom. The number of cyclic esters (lactones) is 1. The zero-order valence-corrected chi connectivity index (χ0v) is 11.2. The molecule has 1 atom stereocenters. The normalized spacial score (nSPS) is 22.8. The number of phenols is 1. The van der Waals surface area contributed by atoms with Crippen LogP contribution in [0.1, 0.15) is 25.5 Å². The highest BCUT2D eigenvalue weighted by Crippen LogP contribution is 2.41. The highest BCUT2D eigenvalue weighted by atomic mass is 79.9. The number of carbonyl (C=O) groups excluding carboxylic acids is 1. The molecule has 92 valence electrons. The molecule has 0 radical (unpaired) electrons. The van der Waals surface area contributed by atoms with E-state index in [0.29, 0.717) is 16.6 Å². The summed E-state index contributed by atoms with van der Waals surface area (Å²) in [5, 5.41) is 12.8. The second-order valence-corrected chi connectivity index (χ2v) is 5.67. The molecule has 1 fully saturated rings. The van der Waals surface area contributed by atoms with Crippen LogP contribution < -0.4 is 5.32 Å². The van der Waals surface area contributed by atoms with Crippen molar-refractivity contribution in [3.05, 3.63) is 28.2 Å². The number of para-hydroxylation sites is 1. The van der Waals surface area contributed by atoms with Gasteiger partial charge in [-0.2, -0.15) is 0 Å². The minimum Gasteiger partial charge on any atom is -0.506 e. The van der Waals surface area contributed by atoms with Crippen molar-refractivity contribution in [2.24, 2.45) is 5.41 Å². The Morgan fingerprint density at radius 2 is 2.24 bits per heavy atom. The van der Waals surface area contributed by atoms with Gasteiger partial charge >= 0.3 is 6.09 Å². The number of nitrogens with one attached hydrogen (secondary N) is 1. The van der Waals surface area contributed by atoms with E-state index in [1.807, 2.05) is 19.9 Å². The number of halogens is 1. The summed E-state index contributed by atoms with van der Waals surface area (Å²) >= 11 is 3.27. The number of amides is 1. The minimum atomic E-state index is -0.450. The van der Waals surface area contributed by atoms with Gasteiger partial charge in [0.15, 0.2) is 0 Å². The lowest BCUT2D eigenvalue weighted by Gasteiger charge is -2.38. The van der Waals surface area contributed by atoms with Crippen LogP contribution in [0.5, 0.6) is 5.75 Å². The number of phenolic OH excluding ortho intramolecular Hbond substituents is 1. The first kappa shape index (κ1) is 12.2. The summed E-state index contributed by atoms with van der Waals surface area (Å²) in [5.74, 6) is 0.160. The molecular weight excluding hydrogens is 286 g/mol. The van der Waals surface area contributed by atoms with E-state index in [4.69, 9.17) is 4.74 Å². The molecule has 4 nitrogen and oxygen atoms in total. The molecule has 0 spiro atoms. The van der Waals surface area contributed by atoms with Crippen molar-refractivity contribution in [2.75, 3.05) is 6.61 Å². The first-order chi connectivity index (χ1) is 7.92. The lowest BCUT2D eigenvalue weighted by atomic mass is 9.80. The largest absolute Gasteiger partial charge is 0.506 e. The summed E-state index contributed by atoms with van der Waals surface area (Å²) in [6, 6.07) is 5.13. The van der Waals surface area contributed by atoms with E-state index >= 15 is 0 Å². The summed E-state index contributed by atoms with van der Waals surface area (Å²) in [7, 11) is 0. The standard InChI is InChI=1S/C12H14BrNO3/c1-12(2)6-17-11(16)14-10(12)7-4-3-5-8(13)9(7)15/h3-5,10,15H,6H2,1-2H3,(H,14,16)/t10-/m0/s1. The minimum absolute atomic E-state index is 0.160. The number of benzene rings is 1. The van der Waals surface area contributed by atoms with Crippen molar-refractivity contribution in [3.8, 4) is 5.75 Å². The predicted octanol–water partition coefficient (Wildman–Crippen LogP) is 2.96. The van der Waals surface area contributed by atoms with Crippen LogP contribution in [0.25, 0.3) is 0 Å². The molecule has 2 rings (SSSR count). The third-order valence-corrected chi connectivity index (χ3v) is 3.59. The molecule has 0 bridgehead atoms. The van der Waals surface area contributed by atoms with Crippen LogP contribution in [-0.4, -0.2) is 17.8 Å². The molecule has 0 aromatic heterocycles. The Kier molecular flexibility index (Phi) is 3.03. The zero-order valence-electron chi connectivity index (χ0n) is 9.66. The van der Waals surface area contributed by atoms with Gasteiger partial charge in [0.25, 0.3) is 0 Å². The molecular formula is C12H14BrNO3. The van der Waals surface area contributed by atoms with Gasteiger partial charge in [0.05, 0.1) is 10.5 Å². The van der Waals surface area contributed by atoms with Crippen LogP contribution in [0.4, 0.5) is 4.79 Å². The fourth-order valence-electron chi connectivity index (χ4n) is 1.95. The molecule has 1 amide bonds. The molecule has 1 aromatic carbocycles. The van der Waals surface area contributed by atoms with Crippen LogP contribution in [0.2, 0.25) is 0 Å². The Morgan fingerprint density at radius 1 is 1.53 bits per heavy atom. The summed E-state index contributed by atoms with van der Waals surface area (Å²) in [6.07, 6.45) is -0.450. The van der Waals surface area contributed by atoms with E-state index in [1.54, 1.807) is 12.1 Å². The molecule has 5 heteroatoms. The SMILES string of the molecule is CC1(C)COC(=O)N[C@H]1c1cccc(Br)c1O. The lowest BCUT2D eigenvalue weighted by molar-refractivity contribution is 0.0381. The number of aromatic hydroxyl groups is 1. The molecule has 2 N–H and O–H groups in total. The number of hydrogen-bond donors (Lipinski definition) is 2. The van der Waals surface area contributed by atoms with Gasteiger partial charge < -0.3 is 15.2 Å². The highest BCUT2D eigenvalue weighted by Gasteiger charge is 2.39. The van der Waals surface area contributed by atoms with Gasteiger partial charge in [-0.05, 0) is 22.0 Å². The number of carbonyl (C=O) groups is 1. The van der Waals surface area contributed by atoms with E-state index in [9.17, 15) is 9.90 Å². The molecule has 1 aromatic rings. The fraction of sp³-hybridized carbons (Fsp3) is 0.417. The van der Waals surface area contributed by atoms with Gasteiger partial charge in [0, 0.05) is 11.0 Å². The summed E-state index contributed by atoms with van der Waals surface area (Å²) in [5.41, 5.74) is 0.424. The average Bonchev–Trinajstić information content (AvgIpc) is 2.26. The van der Waals surface area contributed by atoms with Crippen molar-refractivity contribution in [1.82, 2.24) is 5.32 Å². The molecule has 17 heavy (non-hydrogen) atoms. The number of hydrogen-bond acceptors (Lipinski definition) is 3. The van der Waals surface area contributed by atoms with Gasteiger partial charge in [-0.15, -0.1) is 0 Å². The molecule has 1 saturated heterocycles. The number of ether oxygens (including phenoxy) is 1. The molecule has 0 saturated carbocycles. The topological polar surface area (TPSA) is 58.6 Å². The number of alkyl carbamates (subject to hydrolysis) is 1. The molecule has 1 aliphatic rings. The molecule has 1 aliphatic heterocycles. The van der Waals surface area contributed by atoms with Gasteiger partial charge in [0.2, 0.25) is 0 Å². The van der Waals surface area contributed by atoms with Gasteiger partial charge in [-0.1, -0.05) is 26.0 Å². The smallest absolute Gasteiger partial charge is 0.407 e. The Bertz CT molecular complexity index is 459. The van der Waals surface area contributed by atoms with E-state index in [1.165, 1.54) is 0 Å². The summed E-state index contributed by atoms with van der Waals surface area (Å²) in [6.45, 7) is 4.30. The van der Waals surface area contributed by atoms with Crippen molar-refractivity contribution < 1.29 is 14.6 Å². The van der Waals surface area contributed by atoms with Crippen molar-refractivity contribution >= 4 is 22.0 Å². The Labute approximate surface area is 108 Å². The van der Waals surface area contributed by atoms with Crippen LogP contribution in [0.3, 0.4) is 0 Å². The quantitative estimate of drug-likeness (QED) is 0.838. The predicted molar refractivity (Wildman–Crippen MR) is 66.8 cm³/mol. The molecule has 0 unspecified atom stereocenters. The first-order valence-corrected chi connectivity index (χ1v) is 6.12. The second kappa shape index (κ2) is 4.22. The average molecular weight is 300 g/mol. The molecule has 0 aliphatic carbocycles. The van der Waals surface area contributed by atoms with Crippen LogP contribution in [0, 0.1) is 5.41 Å². The third-order valence-electron chi connectivity index (χ3n) is 2.95. The maximum absolute atomic E-state index is 11.3. The van der Waals surface area contributed by atoms with Gasteiger partial charge in [-0.3, -0.25) is 0 Å². The van der Waals surface area contributed by atoms with E-state index in [0.717, 1.165) is 0 Å². The first-order valence-electron chi connectivity index (χ1n) is 5.32. The Balaban J connectivity index is 2.43. The summed E-state index contributed by atoms with van der Waals surface area (Å²) < 4.78 is 5.59. The van der Waals surface area contributed by atoms with E-state index < -0.39 is 6.09 Å². The van der Waals surface area contributed by atoms with E-state index in [-0.39, 0.29) is 17.2 Å². The summed E-state index contributed by atoms with van der Waals surface area (Å²) in [4.78, 5) is 11.3.